The Hall–Kier alpha value is -1.85. The van der Waals surface area contributed by atoms with Gasteiger partial charge >= 0.3 is 0 Å². The number of likely N-dealkylation sites (tertiary alicyclic amines) is 1. The van der Waals surface area contributed by atoms with Gasteiger partial charge in [0.2, 0.25) is 0 Å². The van der Waals surface area contributed by atoms with Crippen LogP contribution in [0.5, 0.6) is 0 Å². The first-order chi connectivity index (χ1) is 12.0. The zero-order chi connectivity index (χ0) is 17.6. The van der Waals surface area contributed by atoms with Crippen LogP contribution in [0.15, 0.2) is 18.2 Å². The Kier molecular flexibility index (Phi) is 5.39. The van der Waals surface area contributed by atoms with Crippen molar-refractivity contribution in [2.45, 2.75) is 52.0 Å². The average Bonchev–Trinajstić information content (AvgIpc) is 3.17. The molecule has 6 heteroatoms. The van der Waals surface area contributed by atoms with E-state index < -0.39 is 0 Å². The molecule has 1 saturated heterocycles. The predicted molar refractivity (Wildman–Crippen MR) is 105 cm³/mol. The van der Waals surface area contributed by atoms with E-state index in [0.717, 1.165) is 49.9 Å². The second kappa shape index (κ2) is 7.41. The number of hydrogen-bond acceptors (Lipinski definition) is 3. The fourth-order valence-electron chi connectivity index (χ4n) is 4.20. The monoisotopic (exact) mass is 374 g/mol. The quantitative estimate of drug-likeness (QED) is 0.878. The maximum absolute atomic E-state index is 13.1. The predicted octanol–water partition coefficient (Wildman–Crippen LogP) is 2.96. The van der Waals surface area contributed by atoms with E-state index in [0.29, 0.717) is 12.2 Å². The number of aryl methyl sites for hydroxylation is 2. The molecule has 2 aromatic rings. The number of fused-ring (bicyclic) bond motifs is 1. The Morgan fingerprint density at radius 3 is 2.77 bits per heavy atom. The zero-order valence-corrected chi connectivity index (χ0v) is 16.3. The fourth-order valence-corrected chi connectivity index (χ4v) is 4.20. The Labute approximate surface area is 161 Å². The van der Waals surface area contributed by atoms with E-state index in [-0.39, 0.29) is 24.4 Å². The zero-order valence-electron chi connectivity index (χ0n) is 15.5. The molecule has 5 nitrogen and oxygen atoms in total. The van der Waals surface area contributed by atoms with Gasteiger partial charge in [-0.25, -0.2) is 4.68 Å². The molecule has 0 bridgehead atoms. The van der Waals surface area contributed by atoms with E-state index in [1.165, 1.54) is 16.8 Å². The maximum Gasteiger partial charge on any atom is 0.274 e. The highest BCUT2D eigenvalue weighted by molar-refractivity contribution is 5.94. The lowest BCUT2D eigenvalue weighted by Gasteiger charge is -2.30. The van der Waals surface area contributed by atoms with E-state index in [1.54, 1.807) is 0 Å². The number of rotatable bonds is 2. The number of nitrogens with zero attached hydrogens (tertiary/aromatic N) is 3. The number of hydrogen-bond donors (Lipinski definition) is 1. The Balaban J connectivity index is 0.00000196. The van der Waals surface area contributed by atoms with Crippen LogP contribution in [0.25, 0.3) is 5.69 Å². The highest BCUT2D eigenvalue weighted by Gasteiger charge is 2.31. The van der Waals surface area contributed by atoms with Gasteiger partial charge in [-0.15, -0.1) is 12.4 Å². The van der Waals surface area contributed by atoms with E-state index in [1.807, 2.05) is 9.58 Å². The van der Waals surface area contributed by atoms with Gasteiger partial charge in [0.15, 0.2) is 5.69 Å². The van der Waals surface area contributed by atoms with Gasteiger partial charge in [-0.2, -0.15) is 5.10 Å². The largest absolute Gasteiger partial charge is 0.336 e. The van der Waals surface area contributed by atoms with Crippen molar-refractivity contribution in [3.8, 4) is 5.69 Å². The van der Waals surface area contributed by atoms with E-state index in [4.69, 9.17) is 10.8 Å². The van der Waals surface area contributed by atoms with Crippen LogP contribution in [0.2, 0.25) is 0 Å². The molecular weight excluding hydrogens is 348 g/mol. The number of nitrogens with two attached hydrogens (primary N) is 1. The third-order valence-electron chi connectivity index (χ3n) is 5.46. The van der Waals surface area contributed by atoms with Gasteiger partial charge in [-0.1, -0.05) is 17.7 Å². The lowest BCUT2D eigenvalue weighted by Crippen LogP contribution is -2.46. The summed E-state index contributed by atoms with van der Waals surface area (Å²) in [5.41, 5.74) is 12.6. The van der Waals surface area contributed by atoms with Gasteiger partial charge in [0.25, 0.3) is 5.91 Å². The summed E-state index contributed by atoms with van der Waals surface area (Å²) in [5, 5.41) is 4.78. The van der Waals surface area contributed by atoms with Gasteiger partial charge in [0.1, 0.15) is 0 Å². The summed E-state index contributed by atoms with van der Waals surface area (Å²) in [7, 11) is 0. The molecule has 0 saturated carbocycles. The molecule has 140 valence electrons. The van der Waals surface area contributed by atoms with Crippen molar-refractivity contribution in [2.75, 3.05) is 13.1 Å². The number of benzene rings is 1. The van der Waals surface area contributed by atoms with Gasteiger partial charge in [-0.3, -0.25) is 4.79 Å². The first-order valence-electron chi connectivity index (χ1n) is 9.28. The molecule has 0 spiro atoms. The molecular formula is C20H27ClN4O. The summed E-state index contributed by atoms with van der Waals surface area (Å²) < 4.78 is 2.01. The fraction of sp³-hybridized carbons (Fsp3) is 0.500. The molecule has 2 aliphatic rings. The first kappa shape index (κ1) is 18.9. The Morgan fingerprint density at radius 1 is 1.23 bits per heavy atom. The Morgan fingerprint density at radius 2 is 2.04 bits per heavy atom. The molecule has 1 aromatic carbocycles. The van der Waals surface area contributed by atoms with Crippen molar-refractivity contribution in [2.24, 2.45) is 5.73 Å². The molecule has 1 fully saturated rings. The van der Waals surface area contributed by atoms with Crippen LogP contribution in [0.3, 0.4) is 0 Å². The first-order valence-corrected chi connectivity index (χ1v) is 9.28. The number of halogens is 1. The number of aromatic nitrogens is 2. The third kappa shape index (κ3) is 3.26. The van der Waals surface area contributed by atoms with Gasteiger partial charge in [0.05, 0.1) is 5.69 Å². The minimum atomic E-state index is 0. The van der Waals surface area contributed by atoms with Crippen LogP contribution in [0.4, 0.5) is 0 Å². The van der Waals surface area contributed by atoms with Gasteiger partial charge in [0, 0.05) is 30.4 Å². The molecule has 0 radical (unpaired) electrons. The maximum atomic E-state index is 13.1. The topological polar surface area (TPSA) is 64.2 Å². The molecule has 1 amide bonds. The van der Waals surface area contributed by atoms with Crippen LogP contribution in [0.1, 0.15) is 52.1 Å². The van der Waals surface area contributed by atoms with Crippen molar-refractivity contribution in [1.29, 1.82) is 0 Å². The van der Waals surface area contributed by atoms with Crippen LogP contribution >= 0.6 is 12.4 Å². The third-order valence-corrected chi connectivity index (χ3v) is 5.46. The van der Waals surface area contributed by atoms with Crippen LogP contribution in [-0.2, 0) is 12.8 Å². The van der Waals surface area contributed by atoms with Gasteiger partial charge < -0.3 is 10.6 Å². The minimum Gasteiger partial charge on any atom is -0.336 e. The molecule has 1 aliphatic carbocycles. The molecule has 1 aliphatic heterocycles. The number of carbonyl (C=O) groups is 1. The summed E-state index contributed by atoms with van der Waals surface area (Å²) >= 11 is 0. The van der Waals surface area contributed by atoms with Gasteiger partial charge in [-0.05, 0) is 57.6 Å². The highest BCUT2D eigenvalue weighted by atomic mass is 35.5. The average molecular weight is 375 g/mol. The van der Waals surface area contributed by atoms with E-state index >= 15 is 0 Å². The van der Waals surface area contributed by atoms with Crippen molar-refractivity contribution >= 4 is 18.3 Å². The molecule has 1 unspecified atom stereocenters. The Bertz CT molecular complexity index is 829. The standard InChI is InChI=1S/C20H26N4O.ClH/c1-13-8-9-17(14(2)11-13)24-18-7-3-6-16(18)19(22-24)20(25)23-10-4-5-15(21)12-23;/h8-9,11,15H,3-7,10,12,21H2,1-2H3;1H. The normalized spacial score (nSPS) is 19.2. The molecule has 1 aromatic heterocycles. The molecule has 26 heavy (non-hydrogen) atoms. The summed E-state index contributed by atoms with van der Waals surface area (Å²) in [4.78, 5) is 15.0. The van der Waals surface area contributed by atoms with E-state index in [9.17, 15) is 4.79 Å². The summed E-state index contributed by atoms with van der Waals surface area (Å²) in [6, 6.07) is 6.48. The van der Waals surface area contributed by atoms with Crippen LogP contribution in [0, 0.1) is 13.8 Å². The van der Waals surface area contributed by atoms with E-state index in [2.05, 4.69) is 32.0 Å². The van der Waals surface area contributed by atoms with Crippen molar-refractivity contribution in [3.63, 3.8) is 0 Å². The lowest BCUT2D eigenvalue weighted by atomic mass is 10.1. The minimum absolute atomic E-state index is 0. The molecule has 2 N–H and O–H groups in total. The van der Waals surface area contributed by atoms with Crippen LogP contribution in [-0.4, -0.2) is 39.7 Å². The highest BCUT2D eigenvalue weighted by Crippen LogP contribution is 2.30. The molecule has 1 atom stereocenters. The summed E-state index contributed by atoms with van der Waals surface area (Å²) in [5.74, 6) is 0.0526. The van der Waals surface area contributed by atoms with Crippen molar-refractivity contribution in [1.82, 2.24) is 14.7 Å². The second-order valence-corrected chi connectivity index (χ2v) is 7.48. The van der Waals surface area contributed by atoms with Crippen LogP contribution < -0.4 is 5.73 Å². The SMILES string of the molecule is Cc1ccc(-n2nc(C(=O)N3CCCC(N)C3)c3c2CCC3)c(C)c1.Cl. The smallest absolute Gasteiger partial charge is 0.274 e. The molecule has 4 rings (SSSR count). The number of carbonyl (C=O) groups excluding carboxylic acids is 1. The molecule has 2 heterocycles. The van der Waals surface area contributed by atoms with Crippen molar-refractivity contribution in [3.05, 3.63) is 46.3 Å². The summed E-state index contributed by atoms with van der Waals surface area (Å²) in [6.45, 7) is 5.64. The number of amides is 1. The second-order valence-electron chi connectivity index (χ2n) is 7.48. The number of piperidine rings is 1. The lowest BCUT2D eigenvalue weighted by molar-refractivity contribution is 0.0701. The summed E-state index contributed by atoms with van der Waals surface area (Å²) in [6.07, 6.45) is 5.01. The van der Waals surface area contributed by atoms with Crippen molar-refractivity contribution < 1.29 is 4.79 Å².